The molecule has 2 amide bonds. The third-order valence-corrected chi connectivity index (χ3v) is 6.25. The van der Waals surface area contributed by atoms with E-state index in [1.165, 1.54) is 18.2 Å². The first-order valence-corrected chi connectivity index (χ1v) is 11.5. The number of hydrogen-bond donors (Lipinski definition) is 2. The van der Waals surface area contributed by atoms with Crippen molar-refractivity contribution in [1.29, 1.82) is 0 Å². The van der Waals surface area contributed by atoms with Crippen LogP contribution in [0.1, 0.15) is 52.0 Å². The number of halogens is 3. The molecule has 3 N–H and O–H groups in total. The molecule has 1 saturated carbocycles. The van der Waals surface area contributed by atoms with Gasteiger partial charge in [0.2, 0.25) is 0 Å². The number of rotatable bonds is 6. The molecule has 0 unspecified atom stereocenters. The minimum atomic E-state index is -0.832. The van der Waals surface area contributed by atoms with Crippen LogP contribution in [-0.4, -0.2) is 28.8 Å². The highest BCUT2D eigenvalue weighted by Gasteiger charge is 2.29. The number of hydrogen-bond acceptors (Lipinski definition) is 3. The highest BCUT2D eigenvalue weighted by molar-refractivity contribution is 6.04. The van der Waals surface area contributed by atoms with Crippen molar-refractivity contribution in [3.63, 3.8) is 0 Å². The van der Waals surface area contributed by atoms with E-state index < -0.39 is 29.3 Å². The van der Waals surface area contributed by atoms with Crippen LogP contribution in [-0.2, 0) is 6.54 Å². The van der Waals surface area contributed by atoms with Gasteiger partial charge in [-0.3, -0.25) is 9.59 Å². The van der Waals surface area contributed by atoms with Gasteiger partial charge in [0.05, 0.1) is 0 Å². The normalized spacial score (nSPS) is 17.6. The predicted molar refractivity (Wildman–Crippen MR) is 127 cm³/mol. The molecule has 0 radical (unpaired) electrons. The molecule has 182 valence electrons. The monoisotopic (exact) mass is 481 g/mol. The Morgan fingerprint density at radius 1 is 0.829 bits per heavy atom. The van der Waals surface area contributed by atoms with Crippen LogP contribution in [0.3, 0.4) is 0 Å². The number of nitrogens with zero attached hydrogens (tertiary/aromatic N) is 1. The van der Waals surface area contributed by atoms with Crippen LogP contribution in [0.5, 0.6) is 0 Å². The Balaban J connectivity index is 1.63. The van der Waals surface area contributed by atoms with Gasteiger partial charge in [-0.05, 0) is 67.6 Å². The molecule has 0 bridgehead atoms. The highest BCUT2D eigenvalue weighted by atomic mass is 19.1. The Kier molecular flexibility index (Phi) is 7.51. The lowest BCUT2D eigenvalue weighted by Gasteiger charge is -2.36. The van der Waals surface area contributed by atoms with E-state index in [4.69, 9.17) is 5.73 Å². The summed E-state index contributed by atoms with van der Waals surface area (Å²) in [5.74, 6) is -3.19. The maximum Gasteiger partial charge on any atom is 0.255 e. The van der Waals surface area contributed by atoms with E-state index in [9.17, 15) is 22.8 Å². The Morgan fingerprint density at radius 3 is 2.17 bits per heavy atom. The minimum Gasteiger partial charge on any atom is -0.331 e. The number of carbonyl (C=O) groups excluding carboxylic acids is 2. The van der Waals surface area contributed by atoms with Gasteiger partial charge in [-0.25, -0.2) is 13.2 Å². The van der Waals surface area contributed by atoms with E-state index in [0.717, 1.165) is 37.1 Å². The van der Waals surface area contributed by atoms with Gasteiger partial charge in [-0.2, -0.15) is 0 Å². The summed E-state index contributed by atoms with van der Waals surface area (Å²) in [5, 5.41) is 2.78. The predicted octanol–water partition coefficient (Wildman–Crippen LogP) is 5.27. The van der Waals surface area contributed by atoms with Gasteiger partial charge < -0.3 is 16.0 Å². The van der Waals surface area contributed by atoms with Crippen molar-refractivity contribution < 1.29 is 22.8 Å². The summed E-state index contributed by atoms with van der Waals surface area (Å²) >= 11 is 0. The molecule has 1 aliphatic carbocycles. The molecule has 3 aromatic rings. The first-order chi connectivity index (χ1) is 16.8. The molecule has 0 aliphatic heterocycles. The van der Waals surface area contributed by atoms with Crippen LogP contribution in [0.4, 0.5) is 18.9 Å². The minimum absolute atomic E-state index is 0.0488. The number of carbonyl (C=O) groups is 2. The number of benzene rings is 3. The second-order valence-electron chi connectivity index (χ2n) is 8.78. The summed E-state index contributed by atoms with van der Waals surface area (Å²) in [4.78, 5) is 27.8. The smallest absolute Gasteiger partial charge is 0.255 e. The zero-order valence-electron chi connectivity index (χ0n) is 19.0. The Morgan fingerprint density at radius 2 is 1.49 bits per heavy atom. The third kappa shape index (κ3) is 6.08. The van der Waals surface area contributed by atoms with Crippen molar-refractivity contribution in [2.24, 2.45) is 5.73 Å². The van der Waals surface area contributed by atoms with Crippen molar-refractivity contribution >= 4 is 17.5 Å². The zero-order chi connectivity index (χ0) is 24.9. The Hall–Kier alpha value is -3.65. The molecule has 0 saturated heterocycles. The number of nitrogens with two attached hydrogens (primary N) is 1. The van der Waals surface area contributed by atoms with E-state index in [1.807, 2.05) is 0 Å². The van der Waals surface area contributed by atoms with Crippen LogP contribution >= 0.6 is 0 Å². The summed E-state index contributed by atoms with van der Waals surface area (Å²) < 4.78 is 41.3. The topological polar surface area (TPSA) is 75.4 Å². The highest BCUT2D eigenvalue weighted by Crippen LogP contribution is 2.28. The fraction of sp³-hybridized carbons (Fsp3) is 0.259. The van der Waals surface area contributed by atoms with Gasteiger partial charge in [-0.15, -0.1) is 0 Å². The first kappa shape index (κ1) is 24.5. The number of anilines is 1. The summed E-state index contributed by atoms with van der Waals surface area (Å²) in [7, 11) is 0. The molecular weight excluding hydrogens is 455 g/mol. The van der Waals surface area contributed by atoms with Crippen molar-refractivity contribution in [2.45, 2.75) is 44.3 Å². The first-order valence-electron chi connectivity index (χ1n) is 11.5. The average Bonchev–Trinajstić information content (AvgIpc) is 2.83. The largest absolute Gasteiger partial charge is 0.331 e. The molecule has 0 atom stereocenters. The van der Waals surface area contributed by atoms with E-state index in [0.29, 0.717) is 24.1 Å². The van der Waals surface area contributed by atoms with Crippen LogP contribution in [0.15, 0.2) is 66.7 Å². The van der Waals surface area contributed by atoms with Gasteiger partial charge in [-0.1, -0.05) is 24.3 Å². The second-order valence-corrected chi connectivity index (χ2v) is 8.78. The molecule has 4 rings (SSSR count). The van der Waals surface area contributed by atoms with E-state index in [2.05, 4.69) is 5.32 Å². The molecule has 0 aromatic heterocycles. The van der Waals surface area contributed by atoms with Gasteiger partial charge in [0.1, 0.15) is 17.5 Å². The molecule has 1 fully saturated rings. The molecule has 35 heavy (non-hydrogen) atoms. The number of para-hydroxylation sites is 1. The molecule has 8 heteroatoms. The molecular formula is C27H26F3N3O2. The maximum atomic E-state index is 13.9. The van der Waals surface area contributed by atoms with Crippen molar-refractivity contribution in [3.05, 3.63) is 101 Å². The van der Waals surface area contributed by atoms with Gasteiger partial charge in [0, 0.05) is 41.5 Å². The van der Waals surface area contributed by atoms with Gasteiger partial charge >= 0.3 is 0 Å². The zero-order valence-corrected chi connectivity index (χ0v) is 19.0. The molecule has 3 aromatic carbocycles. The van der Waals surface area contributed by atoms with E-state index >= 15 is 0 Å². The molecule has 0 heterocycles. The maximum absolute atomic E-state index is 13.9. The Labute approximate surface area is 201 Å². The molecule has 0 spiro atoms. The lowest BCUT2D eigenvalue weighted by molar-refractivity contribution is 0.0606. The standard InChI is InChI=1S/C27H26F3N3O2/c28-20-6-3-5-17(12-20)26(34)32-25-7-2-1-4-18(25)16-33(24-10-8-23(31)9-11-24)27(35)19-13-21(29)15-22(30)14-19/h1-7,12-15,23-24H,8-11,16,31H2,(H,32,34). The number of nitrogens with one attached hydrogen (secondary N) is 1. The van der Waals surface area contributed by atoms with Crippen LogP contribution in [0, 0.1) is 17.5 Å². The quantitative estimate of drug-likeness (QED) is 0.504. The molecule has 5 nitrogen and oxygen atoms in total. The summed E-state index contributed by atoms with van der Waals surface area (Å²) in [6, 6.07) is 14.9. The summed E-state index contributed by atoms with van der Waals surface area (Å²) in [6.07, 6.45) is 2.76. The van der Waals surface area contributed by atoms with Crippen LogP contribution in [0.2, 0.25) is 0 Å². The van der Waals surface area contributed by atoms with Crippen LogP contribution in [0.25, 0.3) is 0 Å². The van der Waals surface area contributed by atoms with Gasteiger partial charge in [0.25, 0.3) is 11.8 Å². The van der Waals surface area contributed by atoms with Crippen LogP contribution < -0.4 is 11.1 Å². The van der Waals surface area contributed by atoms with Crippen molar-refractivity contribution in [1.82, 2.24) is 4.90 Å². The Bertz CT molecular complexity index is 1210. The fourth-order valence-corrected chi connectivity index (χ4v) is 4.41. The fourth-order valence-electron chi connectivity index (χ4n) is 4.41. The molecule has 1 aliphatic rings. The van der Waals surface area contributed by atoms with Crippen molar-refractivity contribution in [2.75, 3.05) is 5.32 Å². The van der Waals surface area contributed by atoms with E-state index in [1.54, 1.807) is 29.2 Å². The lowest BCUT2D eigenvalue weighted by atomic mass is 9.90. The second kappa shape index (κ2) is 10.7. The third-order valence-electron chi connectivity index (χ3n) is 6.25. The van der Waals surface area contributed by atoms with E-state index in [-0.39, 0.29) is 29.8 Å². The SMILES string of the molecule is NC1CCC(N(Cc2ccccc2NC(=O)c2cccc(F)c2)C(=O)c2cc(F)cc(F)c2)CC1. The lowest BCUT2D eigenvalue weighted by Crippen LogP contribution is -2.44. The van der Waals surface area contributed by atoms with Crippen molar-refractivity contribution in [3.8, 4) is 0 Å². The number of amides is 2. The summed E-state index contributed by atoms with van der Waals surface area (Å²) in [6.45, 7) is 0.108. The average molecular weight is 482 g/mol. The van der Waals surface area contributed by atoms with Gasteiger partial charge in [0.15, 0.2) is 0 Å². The summed E-state index contributed by atoms with van der Waals surface area (Å²) in [5.41, 5.74) is 7.21.